The van der Waals surface area contributed by atoms with Gasteiger partial charge in [-0.05, 0) is 24.6 Å². The number of aryl methyl sites for hydroxylation is 1. The van der Waals surface area contributed by atoms with Crippen LogP contribution < -0.4 is 0 Å². The molecule has 0 aliphatic rings. The van der Waals surface area contributed by atoms with Gasteiger partial charge in [-0.3, -0.25) is 4.79 Å². The summed E-state index contributed by atoms with van der Waals surface area (Å²) in [5.41, 5.74) is 1.05. The first kappa shape index (κ1) is 11.6. The van der Waals surface area contributed by atoms with E-state index in [2.05, 4.69) is 0 Å². The van der Waals surface area contributed by atoms with Crippen LogP contribution in [0.3, 0.4) is 0 Å². The maximum absolute atomic E-state index is 11.6. The minimum atomic E-state index is -0.131. The standard InChI is InChI=1S/C14H14O3/c1-11-7-8-14(17-11)13(15)10-16-9-12-5-3-2-4-6-12/h2-8H,9-10H2,1H3. The van der Waals surface area contributed by atoms with E-state index in [0.29, 0.717) is 12.4 Å². The van der Waals surface area contributed by atoms with E-state index in [1.165, 1.54) is 0 Å². The fourth-order valence-electron chi connectivity index (χ4n) is 1.49. The highest BCUT2D eigenvalue weighted by atomic mass is 16.5. The third-order valence-electron chi connectivity index (χ3n) is 2.36. The number of Topliss-reactive ketones (excluding diaryl/α,β-unsaturated/α-hetero) is 1. The molecule has 0 fully saturated rings. The number of hydrogen-bond acceptors (Lipinski definition) is 3. The summed E-state index contributed by atoms with van der Waals surface area (Å²) in [5, 5.41) is 0. The first-order valence-electron chi connectivity index (χ1n) is 5.47. The van der Waals surface area contributed by atoms with Gasteiger partial charge in [0.05, 0.1) is 6.61 Å². The summed E-state index contributed by atoms with van der Waals surface area (Å²) in [6.07, 6.45) is 0. The van der Waals surface area contributed by atoms with Crippen LogP contribution in [0.15, 0.2) is 46.9 Å². The Morgan fingerprint density at radius 2 is 1.94 bits per heavy atom. The van der Waals surface area contributed by atoms with Gasteiger partial charge in [-0.2, -0.15) is 0 Å². The molecule has 0 saturated heterocycles. The molecule has 2 aromatic rings. The largest absolute Gasteiger partial charge is 0.458 e. The zero-order chi connectivity index (χ0) is 12.1. The third kappa shape index (κ3) is 3.29. The summed E-state index contributed by atoms with van der Waals surface area (Å²) in [6.45, 7) is 2.29. The van der Waals surface area contributed by atoms with E-state index in [1.54, 1.807) is 12.1 Å². The van der Waals surface area contributed by atoms with Gasteiger partial charge in [-0.25, -0.2) is 0 Å². The van der Waals surface area contributed by atoms with E-state index in [4.69, 9.17) is 9.15 Å². The number of ketones is 1. The van der Waals surface area contributed by atoms with Crippen LogP contribution in [0.4, 0.5) is 0 Å². The lowest BCUT2D eigenvalue weighted by atomic mass is 10.2. The molecule has 88 valence electrons. The van der Waals surface area contributed by atoms with E-state index < -0.39 is 0 Å². The molecule has 0 spiro atoms. The molecule has 0 saturated carbocycles. The number of ether oxygens (including phenoxy) is 1. The summed E-state index contributed by atoms with van der Waals surface area (Å²) in [6, 6.07) is 13.2. The zero-order valence-electron chi connectivity index (χ0n) is 9.68. The van der Waals surface area contributed by atoms with Gasteiger partial charge in [-0.15, -0.1) is 0 Å². The molecule has 1 heterocycles. The number of carbonyl (C=O) groups excluding carboxylic acids is 1. The fraction of sp³-hybridized carbons (Fsp3) is 0.214. The molecule has 2 rings (SSSR count). The molecule has 0 amide bonds. The van der Waals surface area contributed by atoms with Gasteiger partial charge >= 0.3 is 0 Å². The normalized spacial score (nSPS) is 10.4. The average Bonchev–Trinajstić information content (AvgIpc) is 2.77. The van der Waals surface area contributed by atoms with Gasteiger partial charge in [-0.1, -0.05) is 30.3 Å². The van der Waals surface area contributed by atoms with Crippen molar-refractivity contribution in [1.82, 2.24) is 0 Å². The quantitative estimate of drug-likeness (QED) is 0.741. The second kappa shape index (κ2) is 5.46. The first-order chi connectivity index (χ1) is 8.25. The summed E-state index contributed by atoms with van der Waals surface area (Å²) >= 11 is 0. The van der Waals surface area contributed by atoms with Crippen molar-refractivity contribution in [2.45, 2.75) is 13.5 Å². The van der Waals surface area contributed by atoms with Gasteiger partial charge in [0.1, 0.15) is 12.4 Å². The zero-order valence-corrected chi connectivity index (χ0v) is 9.68. The number of rotatable bonds is 5. The van der Waals surface area contributed by atoms with Gasteiger partial charge in [0.15, 0.2) is 5.76 Å². The highest BCUT2D eigenvalue weighted by molar-refractivity contribution is 5.94. The van der Waals surface area contributed by atoms with Crippen LogP contribution in [0.2, 0.25) is 0 Å². The summed E-state index contributed by atoms with van der Waals surface area (Å²) < 4.78 is 10.6. The lowest BCUT2D eigenvalue weighted by molar-refractivity contribution is 0.0699. The van der Waals surface area contributed by atoms with E-state index >= 15 is 0 Å². The van der Waals surface area contributed by atoms with Crippen LogP contribution in [-0.4, -0.2) is 12.4 Å². The Bertz CT molecular complexity index is 485. The Labute approximate surface area is 100 Å². The minimum absolute atomic E-state index is 0.0435. The summed E-state index contributed by atoms with van der Waals surface area (Å²) in [4.78, 5) is 11.6. The van der Waals surface area contributed by atoms with Gasteiger partial charge in [0.25, 0.3) is 0 Å². The maximum Gasteiger partial charge on any atom is 0.223 e. The molecule has 0 bridgehead atoms. The molecule has 17 heavy (non-hydrogen) atoms. The molecule has 0 unspecified atom stereocenters. The maximum atomic E-state index is 11.6. The monoisotopic (exact) mass is 230 g/mol. The minimum Gasteiger partial charge on any atom is -0.458 e. The Hall–Kier alpha value is -1.87. The summed E-state index contributed by atoms with van der Waals surface area (Å²) in [5.74, 6) is 0.959. The van der Waals surface area contributed by atoms with Crippen LogP contribution in [-0.2, 0) is 11.3 Å². The van der Waals surface area contributed by atoms with Crippen molar-refractivity contribution in [3.05, 3.63) is 59.5 Å². The molecular formula is C14H14O3. The lowest BCUT2D eigenvalue weighted by Gasteiger charge is -2.02. The van der Waals surface area contributed by atoms with Crippen molar-refractivity contribution >= 4 is 5.78 Å². The highest BCUT2D eigenvalue weighted by Crippen LogP contribution is 2.08. The van der Waals surface area contributed by atoms with Crippen LogP contribution >= 0.6 is 0 Å². The van der Waals surface area contributed by atoms with Crippen molar-refractivity contribution in [3.8, 4) is 0 Å². The lowest BCUT2D eigenvalue weighted by Crippen LogP contribution is -2.08. The Morgan fingerprint density at radius 3 is 2.59 bits per heavy atom. The molecule has 3 heteroatoms. The van der Waals surface area contributed by atoms with E-state index in [9.17, 15) is 4.79 Å². The second-order valence-electron chi connectivity index (χ2n) is 3.81. The number of carbonyl (C=O) groups is 1. The number of benzene rings is 1. The smallest absolute Gasteiger partial charge is 0.223 e. The Morgan fingerprint density at radius 1 is 1.18 bits per heavy atom. The molecule has 0 aliphatic heterocycles. The van der Waals surface area contributed by atoms with Crippen molar-refractivity contribution in [2.24, 2.45) is 0 Å². The van der Waals surface area contributed by atoms with Crippen molar-refractivity contribution in [1.29, 1.82) is 0 Å². The topological polar surface area (TPSA) is 39.4 Å². The van der Waals surface area contributed by atoms with Gasteiger partial charge < -0.3 is 9.15 Å². The highest BCUT2D eigenvalue weighted by Gasteiger charge is 2.09. The van der Waals surface area contributed by atoms with Crippen molar-refractivity contribution in [2.75, 3.05) is 6.61 Å². The molecule has 1 aromatic carbocycles. The summed E-state index contributed by atoms with van der Waals surface area (Å²) in [7, 11) is 0. The van der Waals surface area contributed by atoms with Crippen molar-refractivity contribution < 1.29 is 13.9 Å². The third-order valence-corrected chi connectivity index (χ3v) is 2.36. The van der Waals surface area contributed by atoms with Crippen LogP contribution in [0.1, 0.15) is 21.9 Å². The Balaban J connectivity index is 1.81. The first-order valence-corrected chi connectivity index (χ1v) is 5.47. The SMILES string of the molecule is Cc1ccc(C(=O)COCc2ccccc2)o1. The molecule has 0 N–H and O–H groups in total. The second-order valence-corrected chi connectivity index (χ2v) is 3.81. The van der Waals surface area contributed by atoms with Crippen LogP contribution in [0.5, 0.6) is 0 Å². The Kier molecular flexibility index (Phi) is 3.73. The van der Waals surface area contributed by atoms with Gasteiger partial charge in [0, 0.05) is 0 Å². The van der Waals surface area contributed by atoms with Crippen LogP contribution in [0, 0.1) is 6.92 Å². The predicted molar refractivity (Wildman–Crippen MR) is 63.9 cm³/mol. The van der Waals surface area contributed by atoms with Crippen LogP contribution in [0.25, 0.3) is 0 Å². The molecule has 0 radical (unpaired) electrons. The van der Waals surface area contributed by atoms with E-state index in [-0.39, 0.29) is 12.4 Å². The van der Waals surface area contributed by atoms with Crippen molar-refractivity contribution in [3.63, 3.8) is 0 Å². The average molecular weight is 230 g/mol. The van der Waals surface area contributed by atoms with E-state index in [1.807, 2.05) is 37.3 Å². The molecule has 0 aliphatic carbocycles. The number of furan rings is 1. The molecular weight excluding hydrogens is 216 g/mol. The molecule has 1 aromatic heterocycles. The number of hydrogen-bond donors (Lipinski definition) is 0. The molecule has 3 nitrogen and oxygen atoms in total. The predicted octanol–water partition coefficient (Wildman–Crippen LogP) is 2.99. The van der Waals surface area contributed by atoms with E-state index in [0.717, 1.165) is 11.3 Å². The van der Waals surface area contributed by atoms with Gasteiger partial charge in [0.2, 0.25) is 5.78 Å². The fourth-order valence-corrected chi connectivity index (χ4v) is 1.49. The molecule has 0 atom stereocenters.